The van der Waals surface area contributed by atoms with Crippen LogP contribution >= 0.6 is 27.5 Å². The van der Waals surface area contributed by atoms with Gasteiger partial charge in [0.15, 0.2) is 0 Å². The van der Waals surface area contributed by atoms with E-state index in [9.17, 15) is 13.2 Å². The minimum Gasteiger partial charge on any atom is -0.347 e. The van der Waals surface area contributed by atoms with Gasteiger partial charge in [-0.2, -0.15) is 22.5 Å². The second-order valence-corrected chi connectivity index (χ2v) is 4.54. The van der Waals surface area contributed by atoms with Crippen molar-refractivity contribution in [3.63, 3.8) is 0 Å². The molecule has 1 heterocycles. The molecule has 0 saturated heterocycles. The van der Waals surface area contributed by atoms with Crippen LogP contribution in [0.4, 0.5) is 18.3 Å². The normalized spacial score (nSPS) is 11.8. The Labute approximate surface area is 104 Å². The molecule has 1 aromatic rings. The highest BCUT2D eigenvalue weighted by Crippen LogP contribution is 2.30. The first-order valence-corrected chi connectivity index (χ1v) is 6.60. The van der Waals surface area contributed by atoms with Crippen LogP contribution in [0.1, 0.15) is 19.2 Å². The average molecular weight is 318 g/mol. The second-order valence-electron chi connectivity index (χ2n) is 3.02. The molecule has 0 amide bonds. The van der Waals surface area contributed by atoms with Crippen molar-refractivity contribution >= 4 is 32.6 Å². The lowest BCUT2D eigenvalue weighted by atomic mass is 10.4. The standard InChI is InChI=1S/C8H11BrF3N3S/c1-2-15(5-3-4-9)7-13-6(14-16-7)8(10,11)12/h2-5H2,1H3. The Balaban J connectivity index is 2.75. The Morgan fingerprint density at radius 2 is 2.12 bits per heavy atom. The molecule has 0 bridgehead atoms. The van der Waals surface area contributed by atoms with Gasteiger partial charge in [-0.1, -0.05) is 15.9 Å². The summed E-state index contributed by atoms with van der Waals surface area (Å²) in [4.78, 5) is 5.28. The highest BCUT2D eigenvalue weighted by atomic mass is 79.9. The summed E-state index contributed by atoms with van der Waals surface area (Å²) in [6, 6.07) is 0. The highest BCUT2D eigenvalue weighted by Gasteiger charge is 2.36. The summed E-state index contributed by atoms with van der Waals surface area (Å²) in [5.74, 6) is -1.05. The molecule has 0 aliphatic carbocycles. The largest absolute Gasteiger partial charge is 0.452 e. The molecule has 16 heavy (non-hydrogen) atoms. The van der Waals surface area contributed by atoms with Crippen LogP contribution in [-0.4, -0.2) is 27.8 Å². The van der Waals surface area contributed by atoms with E-state index in [4.69, 9.17) is 0 Å². The quantitative estimate of drug-likeness (QED) is 0.781. The first kappa shape index (κ1) is 13.7. The summed E-state index contributed by atoms with van der Waals surface area (Å²) in [6.07, 6.45) is -3.60. The van der Waals surface area contributed by atoms with Crippen LogP contribution in [0.5, 0.6) is 0 Å². The molecule has 0 radical (unpaired) electrons. The van der Waals surface area contributed by atoms with Gasteiger partial charge < -0.3 is 4.90 Å². The van der Waals surface area contributed by atoms with Crippen LogP contribution in [0, 0.1) is 0 Å². The predicted molar refractivity (Wildman–Crippen MR) is 61.2 cm³/mol. The van der Waals surface area contributed by atoms with Gasteiger partial charge in [-0.05, 0) is 13.3 Å². The minimum atomic E-state index is -4.45. The van der Waals surface area contributed by atoms with Gasteiger partial charge >= 0.3 is 6.18 Å². The zero-order valence-electron chi connectivity index (χ0n) is 8.59. The van der Waals surface area contributed by atoms with E-state index >= 15 is 0 Å². The lowest BCUT2D eigenvalue weighted by Gasteiger charge is -2.18. The van der Waals surface area contributed by atoms with Gasteiger partial charge in [-0.3, -0.25) is 0 Å². The maximum Gasteiger partial charge on any atom is 0.452 e. The van der Waals surface area contributed by atoms with Crippen molar-refractivity contribution in [2.45, 2.75) is 19.5 Å². The molecular formula is C8H11BrF3N3S. The third-order valence-electron chi connectivity index (χ3n) is 1.88. The molecule has 0 unspecified atom stereocenters. The maximum atomic E-state index is 12.3. The number of rotatable bonds is 5. The molecule has 3 nitrogen and oxygen atoms in total. The van der Waals surface area contributed by atoms with Crippen LogP contribution in [0.2, 0.25) is 0 Å². The summed E-state index contributed by atoms with van der Waals surface area (Å²) in [5.41, 5.74) is 0. The van der Waals surface area contributed by atoms with Crippen molar-refractivity contribution in [3.05, 3.63) is 5.82 Å². The summed E-state index contributed by atoms with van der Waals surface area (Å²) < 4.78 is 40.1. The van der Waals surface area contributed by atoms with E-state index in [1.807, 2.05) is 6.92 Å². The van der Waals surface area contributed by atoms with E-state index in [2.05, 4.69) is 25.3 Å². The Kier molecular flexibility index (Phi) is 4.97. The molecule has 1 aromatic heterocycles. The van der Waals surface area contributed by atoms with E-state index in [1.54, 1.807) is 4.90 Å². The summed E-state index contributed by atoms with van der Waals surface area (Å²) in [7, 11) is 0. The zero-order valence-corrected chi connectivity index (χ0v) is 11.0. The molecule has 1 rings (SSSR count). The fourth-order valence-corrected chi connectivity index (χ4v) is 2.13. The molecule has 92 valence electrons. The van der Waals surface area contributed by atoms with Crippen LogP contribution < -0.4 is 4.90 Å². The number of hydrogen-bond donors (Lipinski definition) is 0. The van der Waals surface area contributed by atoms with E-state index in [1.165, 1.54) is 0 Å². The highest BCUT2D eigenvalue weighted by molar-refractivity contribution is 9.09. The number of hydrogen-bond acceptors (Lipinski definition) is 4. The van der Waals surface area contributed by atoms with Crippen molar-refractivity contribution in [3.8, 4) is 0 Å². The molecule has 0 aliphatic heterocycles. The van der Waals surface area contributed by atoms with Crippen molar-refractivity contribution in [1.82, 2.24) is 9.36 Å². The molecular weight excluding hydrogens is 307 g/mol. The minimum absolute atomic E-state index is 0.329. The van der Waals surface area contributed by atoms with Gasteiger partial charge in [-0.25, -0.2) is 0 Å². The molecule has 0 aliphatic rings. The van der Waals surface area contributed by atoms with Crippen molar-refractivity contribution in [1.29, 1.82) is 0 Å². The van der Waals surface area contributed by atoms with Gasteiger partial charge in [0.2, 0.25) is 11.0 Å². The van der Waals surface area contributed by atoms with E-state index in [0.717, 1.165) is 23.3 Å². The molecule has 0 atom stereocenters. The number of anilines is 1. The molecule has 8 heteroatoms. The third-order valence-corrected chi connectivity index (χ3v) is 3.22. The lowest BCUT2D eigenvalue weighted by molar-refractivity contribution is -0.144. The first-order valence-electron chi connectivity index (χ1n) is 4.70. The second kappa shape index (κ2) is 5.81. The van der Waals surface area contributed by atoms with E-state index in [-0.39, 0.29) is 0 Å². The summed E-state index contributed by atoms with van der Waals surface area (Å²) in [5, 5.41) is 1.14. The molecule has 0 saturated carbocycles. The SMILES string of the molecule is CCN(CCCBr)c1nc(C(F)(F)F)ns1. The monoisotopic (exact) mass is 317 g/mol. The van der Waals surface area contributed by atoms with Crippen molar-refractivity contribution < 1.29 is 13.2 Å². The fourth-order valence-electron chi connectivity index (χ4n) is 1.10. The van der Waals surface area contributed by atoms with Gasteiger partial charge in [0.1, 0.15) is 0 Å². The summed E-state index contributed by atoms with van der Waals surface area (Å²) in [6.45, 7) is 3.18. The summed E-state index contributed by atoms with van der Waals surface area (Å²) >= 11 is 4.07. The van der Waals surface area contributed by atoms with E-state index in [0.29, 0.717) is 18.2 Å². The number of nitrogens with zero attached hydrogens (tertiary/aromatic N) is 3. The fraction of sp³-hybridized carbons (Fsp3) is 0.750. The number of aromatic nitrogens is 2. The van der Waals surface area contributed by atoms with E-state index < -0.39 is 12.0 Å². The third kappa shape index (κ3) is 3.58. The lowest BCUT2D eigenvalue weighted by Crippen LogP contribution is -2.24. The first-order chi connectivity index (χ1) is 7.49. The van der Waals surface area contributed by atoms with Crippen LogP contribution in [0.25, 0.3) is 0 Å². The Hall–Kier alpha value is -0.370. The van der Waals surface area contributed by atoms with Gasteiger partial charge in [0.05, 0.1) is 0 Å². The molecule has 0 fully saturated rings. The van der Waals surface area contributed by atoms with Crippen molar-refractivity contribution in [2.75, 3.05) is 23.3 Å². The van der Waals surface area contributed by atoms with Gasteiger partial charge in [0.25, 0.3) is 0 Å². The molecule has 0 N–H and O–H groups in total. The van der Waals surface area contributed by atoms with Crippen LogP contribution in [0.15, 0.2) is 0 Å². The topological polar surface area (TPSA) is 29.0 Å². The Morgan fingerprint density at radius 3 is 2.56 bits per heavy atom. The average Bonchev–Trinajstić information content (AvgIpc) is 2.68. The van der Waals surface area contributed by atoms with Crippen LogP contribution in [-0.2, 0) is 6.18 Å². The number of alkyl halides is 4. The molecule has 0 aromatic carbocycles. The van der Waals surface area contributed by atoms with Gasteiger partial charge in [-0.15, -0.1) is 0 Å². The Morgan fingerprint density at radius 1 is 1.44 bits per heavy atom. The number of halogens is 4. The van der Waals surface area contributed by atoms with Gasteiger partial charge in [0, 0.05) is 30.0 Å². The zero-order chi connectivity index (χ0) is 12.2. The Bertz CT molecular complexity index is 329. The molecule has 0 spiro atoms. The maximum absolute atomic E-state index is 12.3. The van der Waals surface area contributed by atoms with Crippen LogP contribution in [0.3, 0.4) is 0 Å². The van der Waals surface area contributed by atoms with Crippen molar-refractivity contribution in [2.24, 2.45) is 0 Å². The smallest absolute Gasteiger partial charge is 0.347 e. The predicted octanol–water partition coefficient (Wildman–Crippen LogP) is 3.17.